The highest BCUT2D eigenvalue weighted by atomic mass is 79.9. The Balaban J connectivity index is 2.50. The minimum atomic E-state index is -0.914. The Bertz CT molecular complexity index is 430. The van der Waals surface area contributed by atoms with Crippen LogP contribution in [-0.2, 0) is 4.79 Å². The van der Waals surface area contributed by atoms with Gasteiger partial charge in [-0.2, -0.15) is 0 Å². The third-order valence-corrected chi connectivity index (χ3v) is 3.66. The van der Waals surface area contributed by atoms with Crippen LogP contribution in [0, 0.1) is 0 Å². The number of nitrogens with one attached hydrogen (secondary N) is 1. The van der Waals surface area contributed by atoms with Crippen LogP contribution in [0.15, 0.2) is 21.0 Å². The quantitative estimate of drug-likeness (QED) is 0.350. The fraction of sp³-hybridized carbons (Fsp3) is 0.444. The number of halogens is 1. The molecule has 0 saturated heterocycles. The van der Waals surface area contributed by atoms with E-state index in [1.54, 1.807) is 6.07 Å². The molecule has 6 nitrogen and oxygen atoms in total. The Labute approximate surface area is 110 Å². The SMILES string of the molecule is [N-]=[N+]=NCCCNC(C(=O)O)c1ccc(Br)s1. The molecule has 0 aromatic carbocycles. The van der Waals surface area contributed by atoms with Gasteiger partial charge in [-0.15, -0.1) is 11.3 Å². The van der Waals surface area contributed by atoms with Gasteiger partial charge in [-0.3, -0.25) is 4.79 Å². The number of aliphatic carboxylic acids is 1. The van der Waals surface area contributed by atoms with Crippen LogP contribution < -0.4 is 5.32 Å². The number of rotatable bonds is 7. The van der Waals surface area contributed by atoms with Crippen molar-refractivity contribution in [2.75, 3.05) is 13.1 Å². The number of nitrogens with zero attached hydrogens (tertiary/aromatic N) is 3. The summed E-state index contributed by atoms with van der Waals surface area (Å²) >= 11 is 4.68. The fourth-order valence-electron chi connectivity index (χ4n) is 1.23. The highest BCUT2D eigenvalue weighted by Crippen LogP contribution is 2.27. The average Bonchev–Trinajstić information content (AvgIpc) is 2.69. The first-order chi connectivity index (χ1) is 8.15. The molecule has 1 atom stereocenters. The zero-order valence-electron chi connectivity index (χ0n) is 8.84. The number of thiophene rings is 1. The number of hydrogen-bond donors (Lipinski definition) is 2. The predicted molar refractivity (Wildman–Crippen MR) is 69.0 cm³/mol. The lowest BCUT2D eigenvalue weighted by atomic mass is 10.2. The van der Waals surface area contributed by atoms with E-state index in [2.05, 4.69) is 31.3 Å². The Morgan fingerprint density at radius 3 is 3.00 bits per heavy atom. The van der Waals surface area contributed by atoms with Gasteiger partial charge in [0, 0.05) is 16.3 Å². The first-order valence-corrected chi connectivity index (χ1v) is 6.48. The lowest BCUT2D eigenvalue weighted by Gasteiger charge is -2.11. The molecule has 92 valence electrons. The zero-order chi connectivity index (χ0) is 12.7. The second kappa shape index (κ2) is 7.29. The van der Waals surface area contributed by atoms with Crippen molar-refractivity contribution < 1.29 is 9.90 Å². The van der Waals surface area contributed by atoms with Gasteiger partial charge >= 0.3 is 5.97 Å². The summed E-state index contributed by atoms with van der Waals surface area (Å²) in [6, 6.07) is 2.88. The molecular formula is C9H11BrN4O2S. The topological polar surface area (TPSA) is 98.1 Å². The van der Waals surface area contributed by atoms with E-state index in [0.29, 0.717) is 19.5 Å². The van der Waals surface area contributed by atoms with Gasteiger partial charge in [-0.1, -0.05) is 5.11 Å². The van der Waals surface area contributed by atoms with Gasteiger partial charge in [-0.25, -0.2) is 0 Å². The van der Waals surface area contributed by atoms with Crippen molar-refractivity contribution in [1.82, 2.24) is 5.32 Å². The summed E-state index contributed by atoms with van der Waals surface area (Å²) in [5.74, 6) is -0.914. The van der Waals surface area contributed by atoms with Gasteiger partial charge in [0.05, 0.1) is 3.79 Å². The van der Waals surface area contributed by atoms with E-state index in [0.717, 1.165) is 8.66 Å². The second-order valence-electron chi connectivity index (χ2n) is 3.18. The van der Waals surface area contributed by atoms with Gasteiger partial charge in [0.25, 0.3) is 0 Å². The summed E-state index contributed by atoms with van der Waals surface area (Å²) in [6.45, 7) is 0.857. The van der Waals surface area contributed by atoms with Gasteiger partial charge in [0.15, 0.2) is 0 Å². The van der Waals surface area contributed by atoms with Crippen LogP contribution in [0.4, 0.5) is 0 Å². The zero-order valence-corrected chi connectivity index (χ0v) is 11.2. The molecule has 2 N–H and O–H groups in total. The summed E-state index contributed by atoms with van der Waals surface area (Å²) in [7, 11) is 0. The van der Waals surface area contributed by atoms with E-state index in [4.69, 9.17) is 10.6 Å². The van der Waals surface area contributed by atoms with Crippen molar-refractivity contribution in [3.63, 3.8) is 0 Å². The maximum Gasteiger partial charge on any atom is 0.326 e. The monoisotopic (exact) mass is 318 g/mol. The molecule has 0 spiro atoms. The average molecular weight is 319 g/mol. The van der Waals surface area contributed by atoms with Crippen LogP contribution >= 0.6 is 27.3 Å². The Morgan fingerprint density at radius 2 is 2.47 bits per heavy atom. The number of hydrogen-bond acceptors (Lipinski definition) is 4. The molecule has 0 bridgehead atoms. The molecule has 1 unspecified atom stereocenters. The highest BCUT2D eigenvalue weighted by Gasteiger charge is 2.20. The van der Waals surface area contributed by atoms with E-state index in [1.165, 1.54) is 11.3 Å². The van der Waals surface area contributed by atoms with Crippen LogP contribution in [-0.4, -0.2) is 24.2 Å². The Hall–Kier alpha value is -1.08. The number of carbonyl (C=O) groups is 1. The number of azide groups is 1. The molecule has 8 heteroatoms. The van der Waals surface area contributed by atoms with Crippen molar-refractivity contribution in [2.45, 2.75) is 12.5 Å². The Morgan fingerprint density at radius 1 is 1.71 bits per heavy atom. The molecule has 0 aliphatic heterocycles. The van der Waals surface area contributed by atoms with Gasteiger partial charge in [0.2, 0.25) is 0 Å². The third kappa shape index (κ3) is 4.74. The summed E-state index contributed by atoms with van der Waals surface area (Å²) in [6.07, 6.45) is 0.611. The van der Waals surface area contributed by atoms with Gasteiger partial charge in [-0.05, 0) is 46.6 Å². The van der Waals surface area contributed by atoms with Crippen LogP contribution in [0.1, 0.15) is 17.3 Å². The smallest absolute Gasteiger partial charge is 0.326 e. The molecule has 0 fully saturated rings. The normalized spacial score (nSPS) is 11.8. The molecule has 1 aromatic heterocycles. The lowest BCUT2D eigenvalue weighted by Crippen LogP contribution is -2.28. The summed E-state index contributed by atoms with van der Waals surface area (Å²) in [5, 5.41) is 15.4. The predicted octanol–water partition coefficient (Wildman–Crippen LogP) is 2.93. The van der Waals surface area contributed by atoms with Crippen molar-refractivity contribution in [2.24, 2.45) is 5.11 Å². The maximum absolute atomic E-state index is 11.1. The van der Waals surface area contributed by atoms with Gasteiger partial charge < -0.3 is 10.4 Å². The van der Waals surface area contributed by atoms with Crippen molar-refractivity contribution >= 4 is 33.2 Å². The molecule has 1 aromatic rings. The van der Waals surface area contributed by atoms with Crippen LogP contribution in [0.5, 0.6) is 0 Å². The molecule has 1 heterocycles. The fourth-order valence-corrected chi connectivity index (χ4v) is 2.73. The van der Waals surface area contributed by atoms with E-state index in [-0.39, 0.29) is 0 Å². The van der Waals surface area contributed by atoms with Crippen LogP contribution in [0.3, 0.4) is 0 Å². The molecular weight excluding hydrogens is 308 g/mol. The minimum Gasteiger partial charge on any atom is -0.480 e. The molecule has 0 radical (unpaired) electrons. The maximum atomic E-state index is 11.1. The van der Waals surface area contributed by atoms with E-state index in [1.807, 2.05) is 6.07 Å². The molecule has 0 amide bonds. The standard InChI is InChI=1S/C9H11BrN4O2S/c10-7-3-2-6(17-7)8(9(15)16)12-4-1-5-13-14-11/h2-3,8,12H,1,4-5H2,(H,15,16). The van der Waals surface area contributed by atoms with Crippen molar-refractivity contribution in [3.8, 4) is 0 Å². The molecule has 0 saturated carbocycles. The molecule has 1 rings (SSSR count). The minimum absolute atomic E-state index is 0.365. The van der Waals surface area contributed by atoms with Crippen LogP contribution in [0.25, 0.3) is 10.4 Å². The van der Waals surface area contributed by atoms with E-state index < -0.39 is 12.0 Å². The van der Waals surface area contributed by atoms with E-state index >= 15 is 0 Å². The molecule has 0 aliphatic rings. The lowest BCUT2D eigenvalue weighted by molar-refractivity contribution is -0.139. The van der Waals surface area contributed by atoms with Crippen molar-refractivity contribution in [1.29, 1.82) is 0 Å². The third-order valence-electron chi connectivity index (χ3n) is 1.97. The van der Waals surface area contributed by atoms with Gasteiger partial charge in [0.1, 0.15) is 6.04 Å². The number of carboxylic acids is 1. The second-order valence-corrected chi connectivity index (χ2v) is 5.67. The molecule has 0 aliphatic carbocycles. The first kappa shape index (κ1) is 14.0. The largest absolute Gasteiger partial charge is 0.480 e. The summed E-state index contributed by atoms with van der Waals surface area (Å²) in [5.41, 5.74) is 8.08. The van der Waals surface area contributed by atoms with E-state index in [9.17, 15) is 4.79 Å². The number of carboxylic acid groups (broad SMARTS) is 1. The van der Waals surface area contributed by atoms with Crippen molar-refractivity contribution in [3.05, 3.63) is 31.2 Å². The first-order valence-electron chi connectivity index (χ1n) is 4.87. The summed E-state index contributed by atoms with van der Waals surface area (Å²) < 4.78 is 0.898. The Kier molecular flexibility index (Phi) is 5.99. The van der Waals surface area contributed by atoms with Crippen LogP contribution in [0.2, 0.25) is 0 Å². The molecule has 17 heavy (non-hydrogen) atoms. The summed E-state index contributed by atoms with van der Waals surface area (Å²) in [4.78, 5) is 14.4. The highest BCUT2D eigenvalue weighted by molar-refractivity contribution is 9.11.